The topological polar surface area (TPSA) is 185 Å². The van der Waals surface area contributed by atoms with Crippen LogP contribution in [0.4, 0.5) is 4.79 Å². The molecule has 12 heteroatoms. The fourth-order valence-electron chi connectivity index (χ4n) is 5.58. The van der Waals surface area contributed by atoms with Gasteiger partial charge in [0.25, 0.3) is 0 Å². The zero-order valence-electron chi connectivity index (χ0n) is 25.5. The Morgan fingerprint density at radius 1 is 0.957 bits per heavy atom. The molecule has 240 valence electrons. The summed E-state index contributed by atoms with van der Waals surface area (Å²) in [6, 6.07) is 17.7. The Morgan fingerprint density at radius 2 is 1.59 bits per heavy atom. The Hall–Kier alpha value is -5.04. The van der Waals surface area contributed by atoms with Crippen molar-refractivity contribution < 1.29 is 48.0 Å². The molecular formula is C34H33NO11. The second kappa shape index (κ2) is 12.8. The van der Waals surface area contributed by atoms with E-state index < -0.39 is 59.9 Å². The summed E-state index contributed by atoms with van der Waals surface area (Å²) >= 11 is 0. The summed E-state index contributed by atoms with van der Waals surface area (Å²) in [4.78, 5) is 50.3. The quantitative estimate of drug-likeness (QED) is 0.180. The molecule has 1 fully saturated rings. The zero-order valence-corrected chi connectivity index (χ0v) is 25.5. The van der Waals surface area contributed by atoms with Crippen molar-refractivity contribution in [1.82, 2.24) is 0 Å². The first-order valence-electron chi connectivity index (χ1n) is 14.3. The van der Waals surface area contributed by atoms with E-state index in [0.717, 1.165) is 0 Å². The fraction of sp³-hybridized carbons (Fsp3) is 0.294. The Balaban J connectivity index is 1.38. The molecular weight excluding hydrogens is 598 g/mol. The predicted molar refractivity (Wildman–Crippen MR) is 164 cm³/mol. The minimum absolute atomic E-state index is 0.00996. The summed E-state index contributed by atoms with van der Waals surface area (Å²) in [6.07, 6.45) is -6.54. The molecule has 0 aliphatic carbocycles. The number of primary amides is 1. The standard InChI is InChI=1S/C34H33NO11/c1-17-24(43-32-27(39)29(45-33(35)41)30(42-4)34(2,3)46-32)15-14-21-26(38)22(31(40)44-28(17)21)16-23(36)18-10-12-20(13-11-18)25(37)19-8-6-5-7-9-19/h5-15,27,29-30,32,38-39H,16H2,1-4H3,(H2,35,41)/t27-,29+,30-,32-/m1/s1. The molecule has 5 rings (SSSR count). The molecule has 1 aromatic heterocycles. The number of aliphatic hydroxyl groups is 1. The molecule has 4 N–H and O–H groups in total. The third-order valence-electron chi connectivity index (χ3n) is 7.95. The molecule has 2 heterocycles. The maximum atomic E-state index is 13.1. The number of aromatic hydroxyl groups is 1. The number of ether oxygens (including phenoxy) is 4. The highest BCUT2D eigenvalue weighted by atomic mass is 16.7. The molecule has 0 bridgehead atoms. The van der Waals surface area contributed by atoms with Crippen molar-refractivity contribution in [2.45, 2.75) is 57.4 Å². The molecule has 0 saturated carbocycles. The number of aryl methyl sites for hydroxylation is 1. The van der Waals surface area contributed by atoms with Crippen molar-refractivity contribution in [2.24, 2.45) is 5.73 Å². The van der Waals surface area contributed by atoms with Gasteiger partial charge in [-0.25, -0.2) is 9.59 Å². The van der Waals surface area contributed by atoms with Crippen LogP contribution in [-0.4, -0.2) is 65.2 Å². The van der Waals surface area contributed by atoms with Gasteiger partial charge in [0.2, 0.25) is 6.29 Å². The van der Waals surface area contributed by atoms with Crippen molar-refractivity contribution in [3.8, 4) is 11.5 Å². The van der Waals surface area contributed by atoms with Gasteiger partial charge in [0.15, 0.2) is 23.8 Å². The third-order valence-corrected chi connectivity index (χ3v) is 7.95. The van der Waals surface area contributed by atoms with Gasteiger partial charge in [0.05, 0.1) is 16.6 Å². The minimum atomic E-state index is -1.51. The van der Waals surface area contributed by atoms with E-state index in [1.54, 1.807) is 51.1 Å². The molecule has 46 heavy (non-hydrogen) atoms. The Morgan fingerprint density at radius 3 is 2.22 bits per heavy atom. The lowest BCUT2D eigenvalue weighted by atomic mass is 9.89. The number of ketones is 2. The van der Waals surface area contributed by atoms with Gasteiger partial charge in [0, 0.05) is 35.8 Å². The van der Waals surface area contributed by atoms with Gasteiger partial charge < -0.3 is 39.3 Å². The van der Waals surface area contributed by atoms with E-state index in [1.807, 2.05) is 0 Å². The first-order valence-corrected chi connectivity index (χ1v) is 14.3. The van der Waals surface area contributed by atoms with Crippen LogP contribution in [0.3, 0.4) is 0 Å². The van der Waals surface area contributed by atoms with Crippen LogP contribution in [0.25, 0.3) is 11.0 Å². The maximum Gasteiger partial charge on any atom is 0.404 e. The summed E-state index contributed by atoms with van der Waals surface area (Å²) in [5, 5.41) is 22.2. The third kappa shape index (κ3) is 6.23. The first-order chi connectivity index (χ1) is 21.8. The number of carbonyl (C=O) groups excluding carboxylic acids is 3. The van der Waals surface area contributed by atoms with E-state index in [-0.39, 0.29) is 39.2 Å². The van der Waals surface area contributed by atoms with Crippen LogP contribution in [0.1, 0.15) is 51.3 Å². The minimum Gasteiger partial charge on any atom is -0.507 e. The summed E-state index contributed by atoms with van der Waals surface area (Å²) in [5.41, 5.74) is 4.38. The monoisotopic (exact) mass is 631 g/mol. The highest BCUT2D eigenvalue weighted by Crippen LogP contribution is 2.37. The lowest BCUT2D eigenvalue weighted by Crippen LogP contribution is -2.65. The van der Waals surface area contributed by atoms with Gasteiger partial charge >= 0.3 is 11.7 Å². The molecule has 4 atom stereocenters. The van der Waals surface area contributed by atoms with Crippen molar-refractivity contribution in [2.75, 3.05) is 7.11 Å². The zero-order chi connectivity index (χ0) is 33.3. The Labute approximate surface area is 263 Å². The molecule has 12 nitrogen and oxygen atoms in total. The van der Waals surface area contributed by atoms with Crippen molar-refractivity contribution in [3.05, 3.63) is 105 Å². The van der Waals surface area contributed by atoms with E-state index in [1.165, 1.54) is 43.5 Å². The van der Waals surface area contributed by atoms with Crippen LogP contribution in [-0.2, 0) is 20.6 Å². The number of carbonyl (C=O) groups is 3. The van der Waals surface area contributed by atoms with Crippen LogP contribution in [0.2, 0.25) is 0 Å². The van der Waals surface area contributed by atoms with Gasteiger partial charge in [-0.3, -0.25) is 9.59 Å². The van der Waals surface area contributed by atoms with Crippen LogP contribution in [0.5, 0.6) is 11.5 Å². The molecule has 0 spiro atoms. The average molecular weight is 632 g/mol. The van der Waals surface area contributed by atoms with E-state index in [2.05, 4.69) is 0 Å². The highest BCUT2D eigenvalue weighted by molar-refractivity contribution is 6.09. The van der Waals surface area contributed by atoms with E-state index in [4.69, 9.17) is 29.1 Å². The number of nitrogens with two attached hydrogens (primary N) is 1. The predicted octanol–water partition coefficient (Wildman–Crippen LogP) is 3.82. The molecule has 0 radical (unpaired) electrons. The van der Waals surface area contributed by atoms with Crippen LogP contribution in [0, 0.1) is 6.92 Å². The van der Waals surface area contributed by atoms with Gasteiger partial charge in [0.1, 0.15) is 23.2 Å². The first kappa shape index (κ1) is 32.4. The molecule has 4 aromatic rings. The number of rotatable bonds is 9. The SMILES string of the molecule is CO[C@@H]1[C@@H](OC(N)=O)[C@@H](O)[C@H](Oc2ccc3c(O)c(CC(=O)c4ccc(C(=O)c5ccccc5)cc4)c(=O)oc3c2C)OC1(C)C. The molecule has 0 unspecified atom stereocenters. The van der Waals surface area contributed by atoms with Crippen molar-refractivity contribution >= 4 is 28.6 Å². The van der Waals surface area contributed by atoms with E-state index in [9.17, 15) is 29.4 Å². The van der Waals surface area contributed by atoms with Crippen molar-refractivity contribution in [3.63, 3.8) is 0 Å². The molecule has 3 aromatic carbocycles. The maximum absolute atomic E-state index is 13.1. The summed E-state index contributed by atoms with van der Waals surface area (Å²) < 4.78 is 28.0. The number of methoxy groups -OCH3 is 1. The normalized spacial score (nSPS) is 20.6. The van der Waals surface area contributed by atoms with Gasteiger partial charge in [-0.2, -0.15) is 0 Å². The van der Waals surface area contributed by atoms with E-state index in [0.29, 0.717) is 11.1 Å². The van der Waals surface area contributed by atoms with Crippen LogP contribution < -0.4 is 16.1 Å². The Bertz CT molecular complexity index is 1850. The lowest BCUT2D eigenvalue weighted by Gasteiger charge is -2.47. The molecule has 1 amide bonds. The number of amides is 1. The lowest BCUT2D eigenvalue weighted by molar-refractivity contribution is -0.304. The smallest absolute Gasteiger partial charge is 0.404 e. The number of aliphatic hydroxyl groups excluding tert-OH is 1. The second-order valence-electron chi connectivity index (χ2n) is 11.4. The van der Waals surface area contributed by atoms with Gasteiger partial charge in [-0.1, -0.05) is 54.6 Å². The number of hydrogen-bond donors (Lipinski definition) is 3. The summed E-state index contributed by atoms with van der Waals surface area (Å²) in [6.45, 7) is 4.89. The van der Waals surface area contributed by atoms with Crippen LogP contribution >= 0.6 is 0 Å². The fourth-order valence-corrected chi connectivity index (χ4v) is 5.58. The number of Topliss-reactive ketones (excluding diaryl/α,β-unsaturated/α-hetero) is 1. The van der Waals surface area contributed by atoms with E-state index >= 15 is 0 Å². The summed E-state index contributed by atoms with van der Waals surface area (Å²) in [5.74, 6) is -0.960. The Kier molecular flexibility index (Phi) is 8.97. The molecule has 1 saturated heterocycles. The van der Waals surface area contributed by atoms with Gasteiger partial charge in [-0.15, -0.1) is 0 Å². The van der Waals surface area contributed by atoms with Crippen molar-refractivity contribution in [1.29, 1.82) is 0 Å². The van der Waals surface area contributed by atoms with Gasteiger partial charge in [-0.05, 0) is 32.9 Å². The largest absolute Gasteiger partial charge is 0.507 e. The molecule has 1 aliphatic rings. The second-order valence-corrected chi connectivity index (χ2v) is 11.4. The number of hydrogen-bond acceptors (Lipinski definition) is 11. The van der Waals surface area contributed by atoms with Crippen LogP contribution in [0.15, 0.2) is 75.9 Å². The highest BCUT2D eigenvalue weighted by Gasteiger charge is 2.53. The average Bonchev–Trinajstić information content (AvgIpc) is 3.03. The number of fused-ring (bicyclic) bond motifs is 1. The number of benzene rings is 3. The molecule has 1 aliphatic heterocycles. The summed E-state index contributed by atoms with van der Waals surface area (Å²) in [7, 11) is 1.37.